The zero-order chi connectivity index (χ0) is 15.2. The summed E-state index contributed by atoms with van der Waals surface area (Å²) >= 11 is 0. The van der Waals surface area contributed by atoms with Gasteiger partial charge in [0.1, 0.15) is 5.75 Å². The van der Waals surface area contributed by atoms with Gasteiger partial charge in [-0.05, 0) is 36.6 Å². The lowest BCUT2D eigenvalue weighted by molar-refractivity contribution is -0.123. The van der Waals surface area contributed by atoms with Gasteiger partial charge in [-0.1, -0.05) is 42.5 Å². The number of nitrogens with one attached hydrogen (secondary N) is 1. The molecule has 0 fully saturated rings. The number of phenols is 1. The molecule has 4 nitrogen and oxygen atoms in total. The van der Waals surface area contributed by atoms with E-state index >= 15 is 0 Å². The molecule has 4 N–H and O–H groups in total. The smallest absolute Gasteiger partial charge is 0.237 e. The summed E-state index contributed by atoms with van der Waals surface area (Å²) in [6.07, 6.45) is 0.438. The molecular formula is C17H20N2O2. The van der Waals surface area contributed by atoms with Gasteiger partial charge in [0.25, 0.3) is 0 Å². The van der Waals surface area contributed by atoms with Crippen LogP contribution in [0.25, 0.3) is 0 Å². The van der Waals surface area contributed by atoms with E-state index in [0.29, 0.717) is 6.42 Å². The van der Waals surface area contributed by atoms with Crippen LogP contribution in [0.1, 0.15) is 24.1 Å². The van der Waals surface area contributed by atoms with Crippen molar-refractivity contribution in [1.82, 2.24) is 5.32 Å². The quantitative estimate of drug-likeness (QED) is 0.787. The van der Waals surface area contributed by atoms with Crippen LogP contribution in [-0.2, 0) is 11.2 Å². The average molecular weight is 284 g/mol. The second-order valence-electron chi connectivity index (χ2n) is 5.12. The van der Waals surface area contributed by atoms with Crippen molar-refractivity contribution in [3.05, 3.63) is 65.7 Å². The molecule has 2 atom stereocenters. The number of hydrogen-bond donors (Lipinski definition) is 3. The number of nitrogens with two attached hydrogens (primary N) is 1. The van der Waals surface area contributed by atoms with Gasteiger partial charge in [-0.15, -0.1) is 0 Å². The highest BCUT2D eigenvalue weighted by Gasteiger charge is 2.16. The number of carbonyl (C=O) groups is 1. The van der Waals surface area contributed by atoms with Crippen molar-refractivity contribution in [3.8, 4) is 5.75 Å². The number of amides is 1. The van der Waals surface area contributed by atoms with Gasteiger partial charge in [0, 0.05) is 0 Å². The maximum Gasteiger partial charge on any atom is 0.237 e. The van der Waals surface area contributed by atoms with Crippen molar-refractivity contribution >= 4 is 5.91 Å². The Bertz CT molecular complexity index is 581. The highest BCUT2D eigenvalue weighted by molar-refractivity contribution is 5.82. The van der Waals surface area contributed by atoms with Crippen LogP contribution in [0.2, 0.25) is 0 Å². The SMILES string of the molecule is C[C@@H](NC(=O)[C@@H](N)Cc1ccc(O)cc1)c1ccccc1. The maximum atomic E-state index is 12.1. The van der Waals surface area contributed by atoms with Crippen LogP contribution in [0.5, 0.6) is 5.75 Å². The van der Waals surface area contributed by atoms with Gasteiger partial charge in [-0.2, -0.15) is 0 Å². The van der Waals surface area contributed by atoms with E-state index in [0.717, 1.165) is 11.1 Å². The Morgan fingerprint density at radius 2 is 1.76 bits per heavy atom. The molecule has 0 heterocycles. The largest absolute Gasteiger partial charge is 0.508 e. The van der Waals surface area contributed by atoms with Crippen LogP contribution in [0.15, 0.2) is 54.6 Å². The van der Waals surface area contributed by atoms with Crippen molar-refractivity contribution < 1.29 is 9.90 Å². The fourth-order valence-electron chi connectivity index (χ4n) is 2.12. The van der Waals surface area contributed by atoms with Crippen molar-refractivity contribution in [1.29, 1.82) is 0 Å². The zero-order valence-electron chi connectivity index (χ0n) is 12.0. The maximum absolute atomic E-state index is 12.1. The van der Waals surface area contributed by atoms with Crippen molar-refractivity contribution in [3.63, 3.8) is 0 Å². The van der Waals surface area contributed by atoms with Gasteiger partial charge >= 0.3 is 0 Å². The first-order valence-corrected chi connectivity index (χ1v) is 6.95. The fraction of sp³-hybridized carbons (Fsp3) is 0.235. The minimum Gasteiger partial charge on any atom is -0.508 e. The summed E-state index contributed by atoms with van der Waals surface area (Å²) in [6, 6.07) is 15.8. The Balaban J connectivity index is 1.92. The van der Waals surface area contributed by atoms with Gasteiger partial charge < -0.3 is 16.2 Å². The summed E-state index contributed by atoms with van der Waals surface area (Å²) in [7, 11) is 0. The summed E-state index contributed by atoms with van der Waals surface area (Å²) in [5.74, 6) is 0.0221. The summed E-state index contributed by atoms with van der Waals surface area (Å²) in [6.45, 7) is 1.93. The van der Waals surface area contributed by atoms with Gasteiger partial charge in [0.2, 0.25) is 5.91 Å². The van der Waals surface area contributed by atoms with Gasteiger partial charge in [-0.25, -0.2) is 0 Å². The average Bonchev–Trinajstić information content (AvgIpc) is 2.50. The fourth-order valence-corrected chi connectivity index (χ4v) is 2.12. The molecule has 0 aliphatic carbocycles. The normalized spacial score (nSPS) is 13.4. The molecule has 4 heteroatoms. The number of benzene rings is 2. The third-order valence-electron chi connectivity index (χ3n) is 3.39. The zero-order valence-corrected chi connectivity index (χ0v) is 12.0. The molecule has 110 valence electrons. The predicted octanol–water partition coefficient (Wildman–Crippen LogP) is 2.14. The minimum absolute atomic E-state index is 0.0791. The second kappa shape index (κ2) is 6.90. The number of aromatic hydroxyl groups is 1. The predicted molar refractivity (Wildman–Crippen MR) is 82.8 cm³/mol. The molecule has 2 aromatic carbocycles. The molecule has 0 aromatic heterocycles. The third-order valence-corrected chi connectivity index (χ3v) is 3.39. The standard InChI is InChI=1S/C17H20N2O2/c1-12(14-5-3-2-4-6-14)19-17(21)16(18)11-13-7-9-15(20)10-8-13/h2-10,12,16,20H,11,18H2,1H3,(H,19,21)/t12-,16+/m1/s1. The van der Waals surface area contributed by atoms with E-state index in [2.05, 4.69) is 5.32 Å². The Kier molecular flexibility index (Phi) is 4.95. The van der Waals surface area contributed by atoms with Crippen LogP contribution >= 0.6 is 0 Å². The van der Waals surface area contributed by atoms with E-state index < -0.39 is 6.04 Å². The topological polar surface area (TPSA) is 75.4 Å². The van der Waals surface area contributed by atoms with Gasteiger partial charge in [-0.3, -0.25) is 4.79 Å². The molecule has 0 saturated carbocycles. The lowest BCUT2D eigenvalue weighted by atomic mass is 10.0. The molecule has 0 aliphatic rings. The Morgan fingerprint density at radius 1 is 1.14 bits per heavy atom. The first kappa shape index (κ1) is 15.1. The van der Waals surface area contributed by atoms with Crippen molar-refractivity contribution in [2.75, 3.05) is 0 Å². The molecule has 0 spiro atoms. The van der Waals surface area contributed by atoms with Crippen LogP contribution in [0.4, 0.5) is 0 Å². The van der Waals surface area contributed by atoms with E-state index in [1.165, 1.54) is 0 Å². The Hall–Kier alpha value is -2.33. The van der Waals surface area contributed by atoms with Crippen LogP contribution in [0, 0.1) is 0 Å². The van der Waals surface area contributed by atoms with E-state index in [1.54, 1.807) is 24.3 Å². The van der Waals surface area contributed by atoms with Crippen LogP contribution < -0.4 is 11.1 Å². The van der Waals surface area contributed by atoms with E-state index in [4.69, 9.17) is 5.73 Å². The molecule has 0 aliphatic heterocycles. The summed E-state index contributed by atoms with van der Waals surface area (Å²) in [5, 5.41) is 12.1. The highest BCUT2D eigenvalue weighted by Crippen LogP contribution is 2.13. The number of carbonyl (C=O) groups excluding carboxylic acids is 1. The van der Waals surface area contributed by atoms with Crippen molar-refractivity contribution in [2.24, 2.45) is 5.73 Å². The first-order chi connectivity index (χ1) is 10.1. The molecule has 0 saturated heterocycles. The second-order valence-corrected chi connectivity index (χ2v) is 5.12. The van der Waals surface area contributed by atoms with Crippen molar-refractivity contribution in [2.45, 2.75) is 25.4 Å². The molecular weight excluding hydrogens is 264 g/mol. The summed E-state index contributed by atoms with van der Waals surface area (Å²) in [5.41, 5.74) is 7.90. The molecule has 2 rings (SSSR count). The van der Waals surface area contributed by atoms with Gasteiger partial charge in [0.15, 0.2) is 0 Å². The highest BCUT2D eigenvalue weighted by atomic mass is 16.3. The number of phenolic OH excluding ortho intramolecular Hbond substituents is 1. The third kappa shape index (κ3) is 4.33. The van der Waals surface area contributed by atoms with Crippen LogP contribution in [-0.4, -0.2) is 17.1 Å². The molecule has 0 bridgehead atoms. The lowest BCUT2D eigenvalue weighted by Gasteiger charge is -2.18. The lowest BCUT2D eigenvalue weighted by Crippen LogP contribution is -2.42. The Morgan fingerprint density at radius 3 is 2.38 bits per heavy atom. The first-order valence-electron chi connectivity index (χ1n) is 6.95. The molecule has 0 unspecified atom stereocenters. The van der Waals surface area contributed by atoms with E-state index in [-0.39, 0.29) is 17.7 Å². The Labute approximate surface area is 124 Å². The number of hydrogen-bond acceptors (Lipinski definition) is 3. The minimum atomic E-state index is -0.610. The summed E-state index contributed by atoms with van der Waals surface area (Å²) in [4.78, 5) is 12.1. The van der Waals surface area contributed by atoms with E-state index in [1.807, 2.05) is 37.3 Å². The number of rotatable bonds is 5. The monoisotopic (exact) mass is 284 g/mol. The molecule has 0 radical (unpaired) electrons. The molecule has 21 heavy (non-hydrogen) atoms. The van der Waals surface area contributed by atoms with E-state index in [9.17, 15) is 9.90 Å². The van der Waals surface area contributed by atoms with Gasteiger partial charge in [0.05, 0.1) is 12.1 Å². The molecule has 1 amide bonds. The summed E-state index contributed by atoms with van der Waals surface area (Å²) < 4.78 is 0. The van der Waals surface area contributed by atoms with Crippen LogP contribution in [0.3, 0.4) is 0 Å². The molecule has 2 aromatic rings.